The summed E-state index contributed by atoms with van der Waals surface area (Å²) in [5, 5.41) is 0. The van der Waals surface area contributed by atoms with Gasteiger partial charge >= 0.3 is 0 Å². The molecule has 0 fully saturated rings. The lowest BCUT2D eigenvalue weighted by Crippen LogP contribution is -2.44. The van der Waals surface area contributed by atoms with Crippen LogP contribution in [0.5, 0.6) is 5.75 Å². The Morgan fingerprint density at radius 1 is 0.879 bits per heavy atom. The molecule has 0 aliphatic rings. The molecule has 7 heteroatoms. The molecule has 0 aliphatic carbocycles. The number of methoxy groups -OCH3 is 2. The smallest absolute Gasteiger partial charge is 0.254 e. The summed E-state index contributed by atoms with van der Waals surface area (Å²) in [5.74, 6) is 0.974. The molecule has 0 spiro atoms. The fraction of sp³-hybridized carbons (Fsp3) is 0.308. The number of ether oxygens (including phenoxy) is 2. The van der Waals surface area contributed by atoms with Crippen molar-refractivity contribution in [1.82, 2.24) is 9.80 Å². The quantitative estimate of drug-likeness (QED) is 0.421. The first kappa shape index (κ1) is 24.1. The maximum Gasteiger partial charge on any atom is 0.254 e. The number of furan rings is 1. The van der Waals surface area contributed by atoms with E-state index in [0.717, 1.165) is 5.56 Å². The lowest BCUT2D eigenvalue weighted by molar-refractivity contribution is -0.132. The minimum atomic E-state index is -0.232. The first-order valence-corrected chi connectivity index (χ1v) is 10.9. The van der Waals surface area contributed by atoms with E-state index in [4.69, 9.17) is 13.9 Å². The highest BCUT2D eigenvalue weighted by Crippen LogP contribution is 2.14. The predicted octanol–water partition coefficient (Wildman–Crippen LogP) is 3.65. The topological polar surface area (TPSA) is 72.2 Å². The van der Waals surface area contributed by atoms with Crippen LogP contribution < -0.4 is 4.74 Å². The van der Waals surface area contributed by atoms with Crippen molar-refractivity contribution in [2.24, 2.45) is 0 Å². The Morgan fingerprint density at radius 2 is 1.64 bits per heavy atom. The zero-order chi connectivity index (χ0) is 23.5. The second kappa shape index (κ2) is 12.5. The van der Waals surface area contributed by atoms with Gasteiger partial charge in [-0.25, -0.2) is 0 Å². The van der Waals surface area contributed by atoms with Gasteiger partial charge in [0.15, 0.2) is 0 Å². The van der Waals surface area contributed by atoms with E-state index in [1.165, 1.54) is 4.90 Å². The van der Waals surface area contributed by atoms with Crippen LogP contribution in [0, 0.1) is 0 Å². The van der Waals surface area contributed by atoms with Gasteiger partial charge in [-0.3, -0.25) is 9.59 Å². The van der Waals surface area contributed by atoms with E-state index >= 15 is 0 Å². The average molecular weight is 451 g/mol. The first-order valence-electron chi connectivity index (χ1n) is 10.9. The van der Waals surface area contributed by atoms with Gasteiger partial charge < -0.3 is 23.7 Å². The minimum absolute atomic E-state index is 0.0519. The Balaban J connectivity index is 1.73. The van der Waals surface area contributed by atoms with E-state index in [2.05, 4.69) is 0 Å². The largest absolute Gasteiger partial charge is 0.497 e. The van der Waals surface area contributed by atoms with Crippen LogP contribution in [-0.4, -0.2) is 62.1 Å². The second-order valence-electron chi connectivity index (χ2n) is 7.58. The van der Waals surface area contributed by atoms with E-state index in [1.54, 1.807) is 55.7 Å². The van der Waals surface area contributed by atoms with Crippen LogP contribution in [0.1, 0.15) is 21.7 Å². The summed E-state index contributed by atoms with van der Waals surface area (Å²) in [4.78, 5) is 29.7. The van der Waals surface area contributed by atoms with Gasteiger partial charge in [0, 0.05) is 25.8 Å². The van der Waals surface area contributed by atoms with Crippen molar-refractivity contribution in [3.05, 3.63) is 89.9 Å². The summed E-state index contributed by atoms with van der Waals surface area (Å²) >= 11 is 0. The number of hydrogen-bond acceptors (Lipinski definition) is 5. The fourth-order valence-electron chi connectivity index (χ4n) is 3.42. The van der Waals surface area contributed by atoms with Crippen LogP contribution in [0.25, 0.3) is 0 Å². The Morgan fingerprint density at radius 3 is 2.27 bits per heavy atom. The summed E-state index contributed by atoms with van der Waals surface area (Å²) < 4.78 is 15.8. The molecular formula is C26H30N2O5. The predicted molar refractivity (Wildman–Crippen MR) is 125 cm³/mol. The molecule has 0 saturated carbocycles. The van der Waals surface area contributed by atoms with Gasteiger partial charge in [-0.05, 0) is 48.4 Å². The van der Waals surface area contributed by atoms with Crippen molar-refractivity contribution in [3.8, 4) is 5.75 Å². The van der Waals surface area contributed by atoms with Gasteiger partial charge in [0.2, 0.25) is 5.91 Å². The lowest BCUT2D eigenvalue weighted by atomic mass is 10.1. The summed E-state index contributed by atoms with van der Waals surface area (Å²) in [6, 6.07) is 20.5. The van der Waals surface area contributed by atoms with Crippen molar-refractivity contribution < 1.29 is 23.5 Å². The fourth-order valence-corrected chi connectivity index (χ4v) is 3.42. The van der Waals surface area contributed by atoms with Crippen LogP contribution in [-0.2, 0) is 22.5 Å². The van der Waals surface area contributed by atoms with Gasteiger partial charge in [-0.15, -0.1) is 0 Å². The molecule has 0 N–H and O–H groups in total. The molecule has 0 radical (unpaired) electrons. The molecule has 2 aromatic carbocycles. The molecule has 3 aromatic rings. The molecule has 1 heterocycles. The zero-order valence-electron chi connectivity index (χ0n) is 19.1. The molecule has 174 valence electrons. The number of rotatable bonds is 12. The summed E-state index contributed by atoms with van der Waals surface area (Å²) in [7, 11) is 3.14. The molecule has 0 atom stereocenters. The molecule has 0 bridgehead atoms. The SMILES string of the molecule is COCCN(CC(=O)N(CCc1ccccc1)Cc1ccco1)C(=O)c1ccc(OC)cc1. The highest BCUT2D eigenvalue weighted by molar-refractivity contribution is 5.96. The number of carbonyl (C=O) groups is 2. The minimum Gasteiger partial charge on any atom is -0.497 e. The second-order valence-corrected chi connectivity index (χ2v) is 7.58. The molecule has 7 nitrogen and oxygen atoms in total. The summed E-state index contributed by atoms with van der Waals surface area (Å²) in [5.41, 5.74) is 1.63. The highest BCUT2D eigenvalue weighted by Gasteiger charge is 2.23. The van der Waals surface area contributed by atoms with E-state index in [1.807, 2.05) is 36.4 Å². The van der Waals surface area contributed by atoms with Crippen LogP contribution in [0.4, 0.5) is 0 Å². The Kier molecular flexibility index (Phi) is 9.08. The molecule has 3 rings (SSSR count). The number of hydrogen-bond donors (Lipinski definition) is 0. The van der Waals surface area contributed by atoms with Gasteiger partial charge in [0.1, 0.15) is 18.1 Å². The molecule has 0 saturated heterocycles. The highest BCUT2D eigenvalue weighted by atomic mass is 16.5. The number of carbonyl (C=O) groups excluding carboxylic acids is 2. The number of benzene rings is 2. The van der Waals surface area contributed by atoms with Crippen LogP contribution in [0.2, 0.25) is 0 Å². The molecular weight excluding hydrogens is 420 g/mol. The van der Waals surface area contributed by atoms with Gasteiger partial charge in [0.25, 0.3) is 5.91 Å². The molecule has 33 heavy (non-hydrogen) atoms. The third kappa shape index (κ3) is 7.22. The standard InChI is InChI=1S/C26H30N2O5/c1-31-18-16-28(26(30)22-10-12-23(32-2)13-11-22)20-25(29)27(19-24-9-6-17-33-24)15-14-21-7-4-3-5-8-21/h3-13,17H,14-16,18-20H2,1-2H3. The zero-order valence-corrected chi connectivity index (χ0v) is 19.1. The molecule has 2 amide bonds. The Labute approximate surface area is 194 Å². The van der Waals surface area contributed by atoms with Crippen molar-refractivity contribution in [3.63, 3.8) is 0 Å². The van der Waals surface area contributed by atoms with E-state index < -0.39 is 0 Å². The summed E-state index contributed by atoms with van der Waals surface area (Å²) in [6.07, 6.45) is 2.30. The van der Waals surface area contributed by atoms with Crippen molar-refractivity contribution in [2.75, 3.05) is 40.5 Å². The Bertz CT molecular complexity index is 987. The van der Waals surface area contributed by atoms with E-state index in [-0.39, 0.29) is 18.4 Å². The molecule has 0 unspecified atom stereocenters. The van der Waals surface area contributed by atoms with Crippen molar-refractivity contribution in [1.29, 1.82) is 0 Å². The number of nitrogens with zero attached hydrogens (tertiary/aromatic N) is 2. The normalized spacial score (nSPS) is 10.6. The van der Waals surface area contributed by atoms with Gasteiger partial charge in [-0.2, -0.15) is 0 Å². The maximum atomic E-state index is 13.3. The molecule has 0 aliphatic heterocycles. The van der Waals surface area contributed by atoms with Gasteiger partial charge in [0.05, 0.1) is 26.5 Å². The third-order valence-corrected chi connectivity index (χ3v) is 5.31. The Hall–Kier alpha value is -3.58. The van der Waals surface area contributed by atoms with Crippen molar-refractivity contribution in [2.45, 2.75) is 13.0 Å². The average Bonchev–Trinajstić information content (AvgIpc) is 3.37. The van der Waals surface area contributed by atoms with Crippen LogP contribution in [0.15, 0.2) is 77.4 Å². The van der Waals surface area contributed by atoms with Crippen LogP contribution >= 0.6 is 0 Å². The lowest BCUT2D eigenvalue weighted by Gasteiger charge is -2.27. The maximum absolute atomic E-state index is 13.3. The number of amides is 2. The van der Waals surface area contributed by atoms with Gasteiger partial charge in [-0.1, -0.05) is 30.3 Å². The monoisotopic (exact) mass is 450 g/mol. The first-order chi connectivity index (χ1) is 16.1. The van der Waals surface area contributed by atoms with E-state index in [9.17, 15) is 9.59 Å². The molecule has 1 aromatic heterocycles. The van der Waals surface area contributed by atoms with E-state index in [0.29, 0.717) is 49.7 Å². The summed E-state index contributed by atoms with van der Waals surface area (Å²) in [6.45, 7) is 1.44. The van der Waals surface area contributed by atoms with Crippen LogP contribution in [0.3, 0.4) is 0 Å². The van der Waals surface area contributed by atoms with Crippen molar-refractivity contribution >= 4 is 11.8 Å². The third-order valence-electron chi connectivity index (χ3n) is 5.31.